The molecule has 104 valence electrons. The Balaban J connectivity index is 1.99. The topological polar surface area (TPSA) is 77.5 Å². The average molecular weight is 307 g/mol. The summed E-state index contributed by atoms with van der Waals surface area (Å²) in [5.74, 6) is -0.144. The number of imidazole rings is 1. The molecule has 0 bridgehead atoms. The summed E-state index contributed by atoms with van der Waals surface area (Å²) in [6.45, 7) is 1.84. The van der Waals surface area contributed by atoms with Gasteiger partial charge in [0.1, 0.15) is 0 Å². The quantitative estimate of drug-likeness (QED) is 0.753. The molecule has 0 saturated heterocycles. The van der Waals surface area contributed by atoms with E-state index in [0.29, 0.717) is 5.69 Å². The third-order valence-electron chi connectivity index (χ3n) is 2.99. The predicted octanol–water partition coefficient (Wildman–Crippen LogP) is 2.26. The van der Waals surface area contributed by atoms with Crippen molar-refractivity contribution in [2.24, 2.45) is 0 Å². The van der Waals surface area contributed by atoms with Crippen molar-refractivity contribution in [1.29, 1.82) is 0 Å². The molecule has 0 saturated carbocycles. The molecule has 0 amide bonds. The number of nitrogens with two attached hydrogens (primary N) is 1. The molecule has 3 aromatic rings. The lowest BCUT2D eigenvalue weighted by atomic mass is 10.2. The van der Waals surface area contributed by atoms with Crippen LogP contribution < -0.4 is 5.73 Å². The Morgan fingerprint density at radius 3 is 2.95 bits per heavy atom. The molecule has 20 heavy (non-hydrogen) atoms. The summed E-state index contributed by atoms with van der Waals surface area (Å²) in [4.78, 5) is 5.26. The maximum absolute atomic E-state index is 12.4. The molecule has 2 heterocycles. The number of aromatic nitrogens is 2. The van der Waals surface area contributed by atoms with Gasteiger partial charge in [-0.15, -0.1) is 11.3 Å². The Labute approximate surface area is 120 Å². The second-order valence-electron chi connectivity index (χ2n) is 4.63. The van der Waals surface area contributed by atoms with Crippen LogP contribution >= 0.6 is 11.3 Å². The lowest BCUT2D eigenvalue weighted by molar-refractivity contribution is 0.595. The van der Waals surface area contributed by atoms with Gasteiger partial charge in [-0.3, -0.25) is 4.40 Å². The number of nitrogen functional groups attached to an aromatic ring is 1. The SMILES string of the molecule is Cc1ccc(N)c(S(=O)(=O)Cc2cn3ccsc3n2)c1. The fourth-order valence-electron chi connectivity index (χ4n) is 2.03. The molecule has 0 unspecified atom stereocenters. The van der Waals surface area contributed by atoms with Gasteiger partial charge in [0.15, 0.2) is 14.8 Å². The van der Waals surface area contributed by atoms with Gasteiger partial charge in [-0.2, -0.15) is 0 Å². The molecule has 1 aromatic carbocycles. The predicted molar refractivity (Wildman–Crippen MR) is 79.6 cm³/mol. The van der Waals surface area contributed by atoms with Crippen molar-refractivity contribution < 1.29 is 8.42 Å². The van der Waals surface area contributed by atoms with Crippen LogP contribution in [-0.4, -0.2) is 17.8 Å². The van der Waals surface area contributed by atoms with Crippen molar-refractivity contribution in [1.82, 2.24) is 9.38 Å². The Morgan fingerprint density at radius 2 is 2.20 bits per heavy atom. The summed E-state index contributed by atoms with van der Waals surface area (Å²) in [7, 11) is -3.49. The second kappa shape index (κ2) is 4.60. The number of hydrogen-bond donors (Lipinski definition) is 1. The highest BCUT2D eigenvalue weighted by Crippen LogP contribution is 2.24. The van der Waals surface area contributed by atoms with Crippen LogP contribution in [0.25, 0.3) is 4.96 Å². The van der Waals surface area contributed by atoms with Gasteiger partial charge in [0.25, 0.3) is 0 Å². The number of rotatable bonds is 3. The van der Waals surface area contributed by atoms with Crippen LogP contribution in [0.1, 0.15) is 11.3 Å². The van der Waals surface area contributed by atoms with E-state index in [1.54, 1.807) is 24.4 Å². The summed E-state index contributed by atoms with van der Waals surface area (Å²) in [5.41, 5.74) is 7.45. The van der Waals surface area contributed by atoms with Gasteiger partial charge in [0.2, 0.25) is 0 Å². The van der Waals surface area contributed by atoms with Crippen LogP contribution in [-0.2, 0) is 15.6 Å². The summed E-state index contributed by atoms with van der Waals surface area (Å²) in [6.07, 6.45) is 3.58. The summed E-state index contributed by atoms with van der Waals surface area (Å²) in [6, 6.07) is 5.01. The standard InChI is InChI=1S/C13H13N3O2S2/c1-9-2-3-11(14)12(6-9)20(17,18)8-10-7-16-4-5-19-13(16)15-10/h2-7H,8,14H2,1H3. The summed E-state index contributed by atoms with van der Waals surface area (Å²) in [5, 5.41) is 1.90. The van der Waals surface area contributed by atoms with Gasteiger partial charge in [0, 0.05) is 17.8 Å². The lowest BCUT2D eigenvalue weighted by Gasteiger charge is -2.07. The molecule has 7 heteroatoms. The van der Waals surface area contributed by atoms with Crippen LogP contribution in [0.2, 0.25) is 0 Å². The molecule has 0 aliphatic heterocycles. The fraction of sp³-hybridized carbons (Fsp3) is 0.154. The van der Waals surface area contributed by atoms with Gasteiger partial charge in [-0.25, -0.2) is 13.4 Å². The van der Waals surface area contributed by atoms with Crippen molar-refractivity contribution in [2.45, 2.75) is 17.6 Å². The molecular formula is C13H13N3O2S2. The van der Waals surface area contributed by atoms with Gasteiger partial charge in [-0.1, -0.05) is 6.07 Å². The third-order valence-corrected chi connectivity index (χ3v) is 5.46. The number of nitrogens with zero attached hydrogens (tertiary/aromatic N) is 2. The Morgan fingerprint density at radius 1 is 1.40 bits per heavy atom. The molecule has 5 nitrogen and oxygen atoms in total. The number of thiazole rings is 1. The molecule has 0 aliphatic rings. The van der Waals surface area contributed by atoms with Crippen LogP contribution in [0.3, 0.4) is 0 Å². The molecule has 0 spiro atoms. The number of fused-ring (bicyclic) bond motifs is 1. The van der Waals surface area contributed by atoms with Crippen molar-refractivity contribution >= 4 is 31.8 Å². The van der Waals surface area contributed by atoms with Gasteiger partial charge < -0.3 is 5.73 Å². The van der Waals surface area contributed by atoms with Crippen molar-refractivity contribution in [3.8, 4) is 0 Å². The molecule has 3 rings (SSSR count). The number of hydrogen-bond acceptors (Lipinski definition) is 5. The molecule has 0 atom stereocenters. The Bertz CT molecular complexity index is 850. The Hall–Kier alpha value is -1.86. The van der Waals surface area contributed by atoms with E-state index in [1.165, 1.54) is 11.3 Å². The first-order valence-electron chi connectivity index (χ1n) is 5.96. The van der Waals surface area contributed by atoms with Crippen LogP contribution in [0.15, 0.2) is 40.9 Å². The van der Waals surface area contributed by atoms with E-state index < -0.39 is 9.84 Å². The van der Waals surface area contributed by atoms with E-state index in [9.17, 15) is 8.42 Å². The zero-order chi connectivity index (χ0) is 14.3. The second-order valence-corrected chi connectivity index (χ2v) is 7.46. The van der Waals surface area contributed by atoms with Gasteiger partial charge in [0.05, 0.1) is 22.0 Å². The largest absolute Gasteiger partial charge is 0.398 e. The summed E-state index contributed by atoms with van der Waals surface area (Å²) < 4.78 is 26.7. The van der Waals surface area contributed by atoms with Gasteiger partial charge >= 0.3 is 0 Å². The maximum atomic E-state index is 12.4. The zero-order valence-electron chi connectivity index (χ0n) is 10.8. The normalized spacial score (nSPS) is 12.1. The minimum Gasteiger partial charge on any atom is -0.398 e. The first-order chi connectivity index (χ1) is 9.45. The number of anilines is 1. The van der Waals surface area contributed by atoms with Crippen LogP contribution in [0.5, 0.6) is 0 Å². The molecule has 0 fully saturated rings. The minimum absolute atomic E-state index is 0.144. The number of aryl methyl sites for hydroxylation is 1. The third kappa shape index (κ3) is 2.30. The van der Waals surface area contributed by atoms with Crippen molar-refractivity contribution in [2.75, 3.05) is 5.73 Å². The number of sulfone groups is 1. The zero-order valence-corrected chi connectivity index (χ0v) is 12.4. The highest BCUT2D eigenvalue weighted by atomic mass is 32.2. The van der Waals surface area contributed by atoms with E-state index in [0.717, 1.165) is 10.5 Å². The number of benzene rings is 1. The highest BCUT2D eigenvalue weighted by molar-refractivity contribution is 7.90. The minimum atomic E-state index is -3.49. The smallest absolute Gasteiger partial charge is 0.193 e. The fourth-order valence-corrected chi connectivity index (χ4v) is 4.22. The van der Waals surface area contributed by atoms with Crippen molar-refractivity contribution in [3.63, 3.8) is 0 Å². The van der Waals surface area contributed by atoms with E-state index in [-0.39, 0.29) is 16.3 Å². The summed E-state index contributed by atoms with van der Waals surface area (Å²) >= 11 is 1.47. The lowest BCUT2D eigenvalue weighted by Crippen LogP contribution is -2.08. The Kier molecular flexibility index (Phi) is 3.02. The monoisotopic (exact) mass is 307 g/mol. The molecule has 2 N–H and O–H groups in total. The van der Waals surface area contributed by atoms with E-state index in [2.05, 4.69) is 4.98 Å². The highest BCUT2D eigenvalue weighted by Gasteiger charge is 2.20. The maximum Gasteiger partial charge on any atom is 0.193 e. The van der Waals surface area contributed by atoms with Crippen LogP contribution in [0.4, 0.5) is 5.69 Å². The van der Waals surface area contributed by atoms with Gasteiger partial charge in [-0.05, 0) is 24.6 Å². The molecule has 0 radical (unpaired) electrons. The van der Waals surface area contributed by atoms with E-state index in [4.69, 9.17) is 5.73 Å². The van der Waals surface area contributed by atoms with E-state index in [1.807, 2.05) is 22.9 Å². The van der Waals surface area contributed by atoms with Crippen LogP contribution in [0, 0.1) is 6.92 Å². The van der Waals surface area contributed by atoms with Crippen molar-refractivity contribution in [3.05, 3.63) is 47.2 Å². The first-order valence-corrected chi connectivity index (χ1v) is 8.49. The molecule has 2 aromatic heterocycles. The average Bonchev–Trinajstić information content (AvgIpc) is 2.92. The first kappa shape index (κ1) is 13.1. The molecule has 0 aliphatic carbocycles. The molecular weight excluding hydrogens is 294 g/mol. The van der Waals surface area contributed by atoms with E-state index >= 15 is 0 Å².